The van der Waals surface area contributed by atoms with E-state index in [1.54, 1.807) is 30.0 Å². The predicted octanol–water partition coefficient (Wildman–Crippen LogP) is 0.0185. The molecule has 1 aromatic rings. The lowest BCUT2D eigenvalue weighted by molar-refractivity contribution is -0.120. The summed E-state index contributed by atoms with van der Waals surface area (Å²) in [6.45, 7) is 2.98. The Morgan fingerprint density at radius 3 is 2.83 bits per heavy atom. The SMILES string of the molecule is CCNS(=O)(=O)c1ccc2c(c1)N(C(=O)C1CC(O)CN1)CC2.Cl. The zero-order chi connectivity index (χ0) is 16.6. The Morgan fingerprint density at radius 1 is 1.46 bits per heavy atom. The second kappa shape index (κ2) is 7.37. The number of aliphatic hydroxyl groups is 1. The molecule has 3 N–H and O–H groups in total. The van der Waals surface area contributed by atoms with Crippen LogP contribution in [0.2, 0.25) is 0 Å². The monoisotopic (exact) mass is 375 g/mol. The summed E-state index contributed by atoms with van der Waals surface area (Å²) in [5.74, 6) is -0.113. The van der Waals surface area contributed by atoms with E-state index in [0.29, 0.717) is 38.2 Å². The van der Waals surface area contributed by atoms with E-state index in [9.17, 15) is 18.3 Å². The van der Waals surface area contributed by atoms with Gasteiger partial charge in [0.05, 0.1) is 17.0 Å². The van der Waals surface area contributed by atoms with E-state index in [-0.39, 0.29) is 23.2 Å². The van der Waals surface area contributed by atoms with Gasteiger partial charge in [-0.15, -0.1) is 12.4 Å². The maximum atomic E-state index is 12.6. The van der Waals surface area contributed by atoms with Gasteiger partial charge in [-0.05, 0) is 30.5 Å². The van der Waals surface area contributed by atoms with Gasteiger partial charge in [0, 0.05) is 25.3 Å². The van der Waals surface area contributed by atoms with E-state index < -0.39 is 22.2 Å². The summed E-state index contributed by atoms with van der Waals surface area (Å²) in [5.41, 5.74) is 1.62. The molecule has 24 heavy (non-hydrogen) atoms. The van der Waals surface area contributed by atoms with E-state index in [0.717, 1.165) is 5.56 Å². The maximum Gasteiger partial charge on any atom is 0.244 e. The predicted molar refractivity (Wildman–Crippen MR) is 93.0 cm³/mol. The van der Waals surface area contributed by atoms with Crippen LogP contribution < -0.4 is 14.9 Å². The Hall–Kier alpha value is -1.19. The largest absolute Gasteiger partial charge is 0.392 e. The van der Waals surface area contributed by atoms with Gasteiger partial charge in [-0.25, -0.2) is 13.1 Å². The normalized spacial score (nSPS) is 23.0. The molecule has 2 aliphatic heterocycles. The van der Waals surface area contributed by atoms with Gasteiger partial charge in [-0.1, -0.05) is 13.0 Å². The van der Waals surface area contributed by atoms with E-state index in [1.165, 1.54) is 0 Å². The molecule has 0 radical (unpaired) electrons. The number of carbonyl (C=O) groups is 1. The first-order chi connectivity index (χ1) is 10.9. The molecule has 0 spiro atoms. The molecule has 0 aliphatic carbocycles. The van der Waals surface area contributed by atoms with Gasteiger partial charge in [0.25, 0.3) is 0 Å². The Morgan fingerprint density at radius 2 is 2.21 bits per heavy atom. The van der Waals surface area contributed by atoms with Crippen molar-refractivity contribution < 1.29 is 18.3 Å². The molecule has 0 bridgehead atoms. The minimum absolute atomic E-state index is 0. The first-order valence-electron chi connectivity index (χ1n) is 7.78. The number of nitrogens with one attached hydrogen (secondary N) is 2. The molecule has 1 fully saturated rings. The summed E-state index contributed by atoms with van der Waals surface area (Å²) in [7, 11) is -3.55. The lowest BCUT2D eigenvalue weighted by Crippen LogP contribution is -2.43. The summed E-state index contributed by atoms with van der Waals surface area (Å²) in [5, 5.41) is 12.6. The number of amides is 1. The van der Waals surface area contributed by atoms with E-state index in [1.807, 2.05) is 0 Å². The van der Waals surface area contributed by atoms with E-state index >= 15 is 0 Å². The number of β-amino-alcohol motifs (C(OH)–C–C–N with tert-alkyl or cyclic N) is 1. The zero-order valence-corrected chi connectivity index (χ0v) is 15.0. The molecule has 134 valence electrons. The number of benzene rings is 1. The van der Waals surface area contributed by atoms with Crippen molar-refractivity contribution in [2.24, 2.45) is 0 Å². The Kier molecular flexibility index (Phi) is 5.87. The number of hydrogen-bond donors (Lipinski definition) is 3. The third-order valence-electron chi connectivity index (χ3n) is 4.27. The van der Waals surface area contributed by atoms with Gasteiger partial charge in [0.15, 0.2) is 0 Å². The average molecular weight is 376 g/mol. The van der Waals surface area contributed by atoms with Crippen molar-refractivity contribution >= 4 is 34.0 Å². The summed E-state index contributed by atoms with van der Waals surface area (Å²) < 4.78 is 26.8. The maximum absolute atomic E-state index is 12.6. The van der Waals surface area contributed by atoms with Crippen molar-refractivity contribution in [3.05, 3.63) is 23.8 Å². The second-order valence-electron chi connectivity index (χ2n) is 5.88. The molecule has 0 aromatic heterocycles. The van der Waals surface area contributed by atoms with Gasteiger partial charge in [-0.2, -0.15) is 0 Å². The second-order valence-corrected chi connectivity index (χ2v) is 7.65. The third kappa shape index (κ3) is 3.57. The third-order valence-corrected chi connectivity index (χ3v) is 5.81. The van der Waals surface area contributed by atoms with Crippen molar-refractivity contribution in [3.8, 4) is 0 Å². The molecule has 3 rings (SSSR count). The van der Waals surface area contributed by atoms with Crippen LogP contribution in [0.3, 0.4) is 0 Å². The number of sulfonamides is 1. The molecular formula is C15H22ClN3O4S. The quantitative estimate of drug-likeness (QED) is 0.689. The van der Waals surface area contributed by atoms with Crippen LogP contribution in [0.25, 0.3) is 0 Å². The fourth-order valence-electron chi connectivity index (χ4n) is 3.12. The summed E-state index contributed by atoms with van der Waals surface area (Å²) in [4.78, 5) is 14.4. The van der Waals surface area contributed by atoms with Crippen LogP contribution in [0.1, 0.15) is 18.9 Å². The van der Waals surface area contributed by atoms with Crippen molar-refractivity contribution in [2.75, 3.05) is 24.5 Å². The average Bonchev–Trinajstić information content (AvgIpc) is 3.12. The fraction of sp³-hybridized carbons (Fsp3) is 0.533. The lowest BCUT2D eigenvalue weighted by Gasteiger charge is -2.21. The van der Waals surface area contributed by atoms with Crippen LogP contribution in [0, 0.1) is 0 Å². The Labute approximate surface area is 147 Å². The molecule has 2 aliphatic rings. The number of nitrogens with zero attached hydrogens (tertiary/aromatic N) is 1. The Bertz CT molecular complexity index is 725. The standard InChI is InChI=1S/C15H21N3O4S.ClH/c1-2-17-23(21,22)12-4-3-10-5-6-18(14(10)8-12)15(20)13-7-11(19)9-16-13;/h3-4,8,11,13,16-17,19H,2,5-7,9H2,1H3;1H. The minimum Gasteiger partial charge on any atom is -0.392 e. The lowest BCUT2D eigenvalue weighted by atomic mass is 10.1. The van der Waals surface area contributed by atoms with E-state index in [4.69, 9.17) is 0 Å². The summed E-state index contributed by atoms with van der Waals surface area (Å²) in [6, 6.07) is 4.49. The molecule has 0 saturated carbocycles. The smallest absolute Gasteiger partial charge is 0.244 e. The molecule has 2 atom stereocenters. The number of anilines is 1. The van der Waals surface area contributed by atoms with Crippen molar-refractivity contribution in [3.63, 3.8) is 0 Å². The minimum atomic E-state index is -3.55. The van der Waals surface area contributed by atoms with Gasteiger partial charge in [0.2, 0.25) is 15.9 Å². The number of halogens is 1. The highest BCUT2D eigenvalue weighted by molar-refractivity contribution is 7.89. The number of carbonyl (C=O) groups excluding carboxylic acids is 1. The highest BCUT2D eigenvalue weighted by atomic mass is 35.5. The molecule has 1 amide bonds. The molecule has 1 saturated heterocycles. The van der Waals surface area contributed by atoms with Gasteiger partial charge < -0.3 is 15.3 Å². The number of rotatable bonds is 4. The van der Waals surface area contributed by atoms with Crippen LogP contribution in [0.5, 0.6) is 0 Å². The molecule has 2 heterocycles. The van der Waals surface area contributed by atoms with E-state index in [2.05, 4.69) is 10.0 Å². The van der Waals surface area contributed by atoms with Gasteiger partial charge in [-0.3, -0.25) is 4.79 Å². The summed E-state index contributed by atoms with van der Waals surface area (Å²) in [6.07, 6.45) is 0.587. The van der Waals surface area contributed by atoms with Crippen LogP contribution >= 0.6 is 12.4 Å². The van der Waals surface area contributed by atoms with Crippen molar-refractivity contribution in [2.45, 2.75) is 36.8 Å². The molecule has 9 heteroatoms. The number of fused-ring (bicyclic) bond motifs is 1. The first-order valence-corrected chi connectivity index (χ1v) is 9.26. The highest BCUT2D eigenvalue weighted by Crippen LogP contribution is 2.31. The van der Waals surface area contributed by atoms with Crippen LogP contribution in [-0.4, -0.2) is 51.2 Å². The first kappa shape index (κ1) is 19.1. The highest BCUT2D eigenvalue weighted by Gasteiger charge is 2.35. The van der Waals surface area contributed by atoms with Crippen LogP contribution in [-0.2, 0) is 21.2 Å². The summed E-state index contributed by atoms with van der Waals surface area (Å²) >= 11 is 0. The molecule has 7 nitrogen and oxygen atoms in total. The number of aliphatic hydroxyl groups excluding tert-OH is 1. The molecular weight excluding hydrogens is 354 g/mol. The van der Waals surface area contributed by atoms with Gasteiger partial charge in [0.1, 0.15) is 0 Å². The van der Waals surface area contributed by atoms with Crippen LogP contribution in [0.15, 0.2) is 23.1 Å². The molecule has 2 unspecified atom stereocenters. The number of hydrogen-bond acceptors (Lipinski definition) is 5. The van der Waals surface area contributed by atoms with Crippen LogP contribution in [0.4, 0.5) is 5.69 Å². The topological polar surface area (TPSA) is 98.7 Å². The zero-order valence-electron chi connectivity index (χ0n) is 13.4. The Balaban J connectivity index is 0.00000208. The van der Waals surface area contributed by atoms with Crippen molar-refractivity contribution in [1.82, 2.24) is 10.0 Å². The van der Waals surface area contributed by atoms with Gasteiger partial charge >= 0.3 is 0 Å². The molecule has 1 aromatic carbocycles. The fourth-order valence-corrected chi connectivity index (χ4v) is 4.18. The van der Waals surface area contributed by atoms with Crippen molar-refractivity contribution in [1.29, 1.82) is 0 Å².